The molecule has 1 saturated heterocycles. The average molecular weight is 176 g/mol. The van der Waals surface area contributed by atoms with Crippen molar-refractivity contribution in [2.45, 2.75) is 12.5 Å². The van der Waals surface area contributed by atoms with Crippen LogP contribution in [0, 0.1) is 0 Å². The van der Waals surface area contributed by atoms with E-state index in [1.165, 1.54) is 5.56 Å². The van der Waals surface area contributed by atoms with E-state index in [-0.39, 0.29) is 1.43 Å². The molecule has 0 spiro atoms. The van der Waals surface area contributed by atoms with Gasteiger partial charge in [-0.05, 0) is 12.0 Å². The van der Waals surface area contributed by atoms with E-state index in [1.54, 1.807) is 0 Å². The van der Waals surface area contributed by atoms with Crippen LogP contribution in [0.15, 0.2) is 42.6 Å². The average Bonchev–Trinajstić information content (AvgIpc) is 2.54. The summed E-state index contributed by atoms with van der Waals surface area (Å²) in [5.74, 6) is 0. The van der Waals surface area contributed by atoms with Crippen molar-refractivity contribution in [2.24, 2.45) is 0 Å². The summed E-state index contributed by atoms with van der Waals surface area (Å²) in [6, 6.07) is 10.9. The Hall–Kier alpha value is -1.28. The van der Waals surface area contributed by atoms with E-state index in [1.807, 2.05) is 6.07 Å². The van der Waals surface area contributed by atoms with Crippen LogP contribution < -0.4 is 10.6 Å². The Morgan fingerprint density at radius 1 is 1.38 bits per heavy atom. The fourth-order valence-corrected chi connectivity index (χ4v) is 1.58. The summed E-state index contributed by atoms with van der Waals surface area (Å²) < 4.78 is 0. The number of rotatable bonds is 2. The molecule has 2 nitrogen and oxygen atoms in total. The molecule has 1 heterocycles. The highest BCUT2D eigenvalue weighted by Crippen LogP contribution is 2.09. The molecule has 2 rings (SSSR count). The molecule has 0 aliphatic carbocycles. The van der Waals surface area contributed by atoms with Gasteiger partial charge < -0.3 is 5.32 Å². The lowest BCUT2D eigenvalue weighted by atomic mass is 10.1. The fourth-order valence-electron chi connectivity index (χ4n) is 1.58. The third-order valence-electron chi connectivity index (χ3n) is 2.37. The Balaban J connectivity index is 0.000000980. The molecule has 1 fully saturated rings. The third kappa shape index (κ3) is 1.90. The monoisotopic (exact) mass is 176 g/mol. The second-order valence-electron chi connectivity index (χ2n) is 3.33. The molecule has 70 valence electrons. The summed E-state index contributed by atoms with van der Waals surface area (Å²) in [6.45, 7) is 4.80. The molecule has 1 unspecified atom stereocenters. The van der Waals surface area contributed by atoms with Crippen LogP contribution in [0.3, 0.4) is 0 Å². The highest BCUT2D eigenvalue weighted by atomic mass is 15.2. The van der Waals surface area contributed by atoms with Crippen LogP contribution in [0.4, 0.5) is 0 Å². The molecule has 0 radical (unpaired) electrons. The lowest BCUT2D eigenvalue weighted by Crippen LogP contribution is -2.24. The van der Waals surface area contributed by atoms with Crippen LogP contribution in [-0.2, 0) is 6.42 Å². The second-order valence-corrected chi connectivity index (χ2v) is 3.33. The van der Waals surface area contributed by atoms with Crippen LogP contribution >= 0.6 is 0 Å². The van der Waals surface area contributed by atoms with E-state index in [0.717, 1.165) is 18.8 Å². The van der Waals surface area contributed by atoms with Crippen molar-refractivity contribution in [3.05, 3.63) is 48.2 Å². The molecule has 2 N–H and O–H groups in total. The van der Waals surface area contributed by atoms with E-state index >= 15 is 0 Å². The molecule has 1 atom stereocenters. The van der Waals surface area contributed by atoms with Gasteiger partial charge in [-0.25, -0.2) is 0 Å². The lowest BCUT2D eigenvalue weighted by Gasteiger charge is -2.09. The van der Waals surface area contributed by atoms with Crippen molar-refractivity contribution in [1.82, 2.24) is 10.6 Å². The maximum Gasteiger partial charge on any atom is 0.0656 e. The van der Waals surface area contributed by atoms with Gasteiger partial charge >= 0.3 is 0 Å². The van der Waals surface area contributed by atoms with E-state index < -0.39 is 0 Å². The van der Waals surface area contributed by atoms with Crippen LogP contribution in [0.1, 0.15) is 6.99 Å². The molecule has 0 saturated carbocycles. The molecule has 0 aromatic heterocycles. The molecule has 2 heteroatoms. The van der Waals surface area contributed by atoms with Crippen molar-refractivity contribution in [1.29, 1.82) is 0 Å². The Bertz CT molecular complexity index is 297. The predicted molar refractivity (Wildman–Crippen MR) is 56.3 cm³/mol. The van der Waals surface area contributed by atoms with Gasteiger partial charge in [0.15, 0.2) is 0 Å². The lowest BCUT2D eigenvalue weighted by molar-refractivity contribution is 0.660. The van der Waals surface area contributed by atoms with Gasteiger partial charge in [0, 0.05) is 7.12 Å². The zero-order chi connectivity index (χ0) is 9.10. The summed E-state index contributed by atoms with van der Waals surface area (Å²) in [6.07, 6.45) is 1.02. The fraction of sp³-hybridized carbons (Fsp3) is 0.273. The smallest absolute Gasteiger partial charge is 0.0656 e. The standard InChI is InChI=1S/C11H14N2.H2/c1-9-11(13-8-12-9)7-10-5-3-2-4-6-10;/h2-6,11-13H,1,7-8H2;1H. The zero-order valence-electron chi connectivity index (χ0n) is 7.59. The molecular formula is C11H16N2. The molecule has 0 amide bonds. The number of hydrogen-bond acceptors (Lipinski definition) is 2. The summed E-state index contributed by atoms with van der Waals surface area (Å²) in [5.41, 5.74) is 2.45. The minimum absolute atomic E-state index is 0. The van der Waals surface area contributed by atoms with Gasteiger partial charge in [0.25, 0.3) is 0 Å². The van der Waals surface area contributed by atoms with Crippen molar-refractivity contribution in [2.75, 3.05) is 6.67 Å². The maximum atomic E-state index is 3.96. The van der Waals surface area contributed by atoms with E-state index in [4.69, 9.17) is 0 Å². The normalized spacial score (nSPS) is 21.5. The number of benzene rings is 1. The molecule has 1 aliphatic heterocycles. The molecule has 1 aliphatic rings. The zero-order valence-corrected chi connectivity index (χ0v) is 7.59. The summed E-state index contributed by atoms with van der Waals surface area (Å²) in [5, 5.41) is 6.53. The van der Waals surface area contributed by atoms with Crippen LogP contribution in [-0.4, -0.2) is 12.7 Å². The Kier molecular flexibility index (Phi) is 2.32. The van der Waals surface area contributed by atoms with Gasteiger partial charge in [0.1, 0.15) is 0 Å². The third-order valence-corrected chi connectivity index (χ3v) is 2.37. The minimum atomic E-state index is 0. The quantitative estimate of drug-likeness (QED) is 0.713. The predicted octanol–water partition coefficient (Wildman–Crippen LogP) is 1.51. The van der Waals surface area contributed by atoms with Gasteiger partial charge in [-0.1, -0.05) is 36.9 Å². The number of hydrogen-bond donors (Lipinski definition) is 2. The van der Waals surface area contributed by atoms with Crippen LogP contribution in [0.25, 0.3) is 0 Å². The molecule has 13 heavy (non-hydrogen) atoms. The van der Waals surface area contributed by atoms with Gasteiger partial charge in [0.2, 0.25) is 0 Å². The van der Waals surface area contributed by atoms with Crippen molar-refractivity contribution >= 4 is 0 Å². The highest BCUT2D eigenvalue weighted by molar-refractivity contribution is 5.20. The van der Waals surface area contributed by atoms with Crippen LogP contribution in [0.2, 0.25) is 0 Å². The molecule has 1 aromatic carbocycles. The van der Waals surface area contributed by atoms with Gasteiger partial charge in [-0.2, -0.15) is 0 Å². The first kappa shape index (κ1) is 8.32. The first-order valence-electron chi connectivity index (χ1n) is 4.56. The van der Waals surface area contributed by atoms with Gasteiger partial charge in [0.05, 0.1) is 12.7 Å². The van der Waals surface area contributed by atoms with Crippen LogP contribution in [0.5, 0.6) is 0 Å². The molecule has 1 aromatic rings. The number of nitrogens with one attached hydrogen (secondary N) is 2. The minimum Gasteiger partial charge on any atom is -0.375 e. The largest absolute Gasteiger partial charge is 0.375 e. The van der Waals surface area contributed by atoms with E-state index in [2.05, 4.69) is 41.5 Å². The summed E-state index contributed by atoms with van der Waals surface area (Å²) in [4.78, 5) is 0. The van der Waals surface area contributed by atoms with Gasteiger partial charge in [-0.3, -0.25) is 5.32 Å². The topological polar surface area (TPSA) is 24.1 Å². The highest BCUT2D eigenvalue weighted by Gasteiger charge is 2.17. The van der Waals surface area contributed by atoms with Crippen molar-refractivity contribution in [3.63, 3.8) is 0 Å². The van der Waals surface area contributed by atoms with E-state index in [9.17, 15) is 0 Å². The Labute approximate surface area is 80.1 Å². The second kappa shape index (κ2) is 3.62. The first-order chi connectivity index (χ1) is 6.36. The molecular weight excluding hydrogens is 160 g/mol. The first-order valence-corrected chi connectivity index (χ1v) is 4.56. The summed E-state index contributed by atoms with van der Waals surface area (Å²) >= 11 is 0. The SMILES string of the molecule is C=C1NCNC1Cc1ccccc1.[HH]. The summed E-state index contributed by atoms with van der Waals surface area (Å²) in [7, 11) is 0. The van der Waals surface area contributed by atoms with E-state index in [0.29, 0.717) is 6.04 Å². The van der Waals surface area contributed by atoms with Crippen molar-refractivity contribution < 1.29 is 1.43 Å². The van der Waals surface area contributed by atoms with Gasteiger partial charge in [-0.15, -0.1) is 0 Å². The maximum absolute atomic E-state index is 3.96. The Morgan fingerprint density at radius 2 is 2.15 bits per heavy atom. The molecule has 0 bridgehead atoms. The van der Waals surface area contributed by atoms with Crippen molar-refractivity contribution in [3.8, 4) is 0 Å². The Morgan fingerprint density at radius 3 is 2.77 bits per heavy atom.